The molecule has 1 aliphatic heterocycles. The van der Waals surface area contributed by atoms with Crippen molar-refractivity contribution in [3.05, 3.63) is 63.6 Å². The molecule has 118 valence electrons. The maximum atomic E-state index is 8.98. The van der Waals surface area contributed by atoms with Crippen molar-refractivity contribution in [2.75, 3.05) is 31.1 Å². The fourth-order valence-corrected chi connectivity index (χ4v) is 3.14. The van der Waals surface area contributed by atoms with Crippen LogP contribution in [0.1, 0.15) is 11.1 Å². The highest BCUT2D eigenvalue weighted by Crippen LogP contribution is 2.27. The largest absolute Gasteiger partial charge is 0.369 e. The van der Waals surface area contributed by atoms with E-state index in [-0.39, 0.29) is 0 Å². The second kappa shape index (κ2) is 7.23. The van der Waals surface area contributed by atoms with Crippen LogP contribution in [0.5, 0.6) is 0 Å². The highest BCUT2D eigenvalue weighted by atomic mass is 35.5. The van der Waals surface area contributed by atoms with Gasteiger partial charge in [0.2, 0.25) is 0 Å². The molecule has 1 fully saturated rings. The van der Waals surface area contributed by atoms with E-state index < -0.39 is 0 Å². The molecule has 0 aliphatic carbocycles. The fraction of sp³-hybridized carbons (Fsp3) is 0.278. The molecule has 0 N–H and O–H groups in total. The van der Waals surface area contributed by atoms with E-state index in [4.69, 9.17) is 28.5 Å². The molecule has 2 aromatic carbocycles. The number of halogens is 2. The van der Waals surface area contributed by atoms with Crippen LogP contribution < -0.4 is 4.90 Å². The Morgan fingerprint density at radius 1 is 0.957 bits per heavy atom. The van der Waals surface area contributed by atoms with E-state index in [0.29, 0.717) is 10.0 Å². The van der Waals surface area contributed by atoms with Crippen LogP contribution in [0.25, 0.3) is 0 Å². The molecule has 1 heterocycles. The van der Waals surface area contributed by atoms with E-state index in [2.05, 4.69) is 21.9 Å². The average Bonchev–Trinajstić information content (AvgIpc) is 2.58. The second-order valence-electron chi connectivity index (χ2n) is 5.67. The molecule has 0 bridgehead atoms. The van der Waals surface area contributed by atoms with Crippen molar-refractivity contribution in [1.82, 2.24) is 4.90 Å². The Morgan fingerprint density at radius 2 is 1.74 bits per heavy atom. The zero-order valence-corrected chi connectivity index (χ0v) is 14.2. The summed E-state index contributed by atoms with van der Waals surface area (Å²) in [6.07, 6.45) is 0. The summed E-state index contributed by atoms with van der Waals surface area (Å²) in [5.41, 5.74) is 3.02. The van der Waals surface area contributed by atoms with Crippen molar-refractivity contribution in [1.29, 1.82) is 5.26 Å². The Kier molecular flexibility index (Phi) is 5.07. The Labute approximate surface area is 146 Å². The van der Waals surface area contributed by atoms with Crippen LogP contribution in [0, 0.1) is 11.3 Å². The number of rotatable bonds is 3. The van der Waals surface area contributed by atoms with Gasteiger partial charge in [0, 0.05) is 38.4 Å². The third-order valence-corrected chi connectivity index (χ3v) is 4.84. The summed E-state index contributed by atoms with van der Waals surface area (Å²) >= 11 is 12.1. The summed E-state index contributed by atoms with van der Waals surface area (Å²) in [5, 5.41) is 10.2. The summed E-state index contributed by atoms with van der Waals surface area (Å²) < 4.78 is 0. The molecular weight excluding hydrogens is 329 g/mol. The first-order chi connectivity index (χ1) is 11.2. The Bertz CT molecular complexity index is 731. The van der Waals surface area contributed by atoms with Crippen LogP contribution in [0.15, 0.2) is 42.5 Å². The maximum absolute atomic E-state index is 8.98. The second-order valence-corrected chi connectivity index (χ2v) is 6.49. The van der Waals surface area contributed by atoms with Gasteiger partial charge in [0.1, 0.15) is 0 Å². The molecule has 0 aromatic heterocycles. The first kappa shape index (κ1) is 16.1. The van der Waals surface area contributed by atoms with Crippen molar-refractivity contribution in [3.63, 3.8) is 0 Å². The topological polar surface area (TPSA) is 30.3 Å². The number of benzene rings is 2. The van der Waals surface area contributed by atoms with E-state index >= 15 is 0 Å². The smallest absolute Gasteiger partial charge is 0.0991 e. The molecule has 2 aromatic rings. The highest BCUT2D eigenvalue weighted by Gasteiger charge is 2.18. The van der Waals surface area contributed by atoms with Gasteiger partial charge in [-0.1, -0.05) is 35.3 Å². The molecule has 0 saturated carbocycles. The van der Waals surface area contributed by atoms with E-state index in [1.807, 2.05) is 36.4 Å². The lowest BCUT2D eigenvalue weighted by atomic mass is 10.1. The summed E-state index contributed by atoms with van der Waals surface area (Å²) in [6.45, 7) is 4.75. The zero-order valence-electron chi connectivity index (χ0n) is 12.7. The van der Waals surface area contributed by atoms with Gasteiger partial charge >= 0.3 is 0 Å². The van der Waals surface area contributed by atoms with Crippen LogP contribution in [0.2, 0.25) is 10.0 Å². The van der Waals surface area contributed by atoms with Gasteiger partial charge in [-0.15, -0.1) is 0 Å². The Morgan fingerprint density at radius 3 is 2.43 bits per heavy atom. The minimum absolute atomic E-state index is 0.589. The van der Waals surface area contributed by atoms with Crippen LogP contribution in [0.3, 0.4) is 0 Å². The van der Waals surface area contributed by atoms with E-state index in [9.17, 15) is 0 Å². The van der Waals surface area contributed by atoms with Gasteiger partial charge in [0.15, 0.2) is 0 Å². The van der Waals surface area contributed by atoms with Crippen LogP contribution in [-0.4, -0.2) is 31.1 Å². The third kappa shape index (κ3) is 3.97. The fourth-order valence-electron chi connectivity index (χ4n) is 2.84. The van der Waals surface area contributed by atoms with Gasteiger partial charge in [-0.3, -0.25) is 4.90 Å². The minimum atomic E-state index is 0.589. The highest BCUT2D eigenvalue weighted by molar-refractivity contribution is 6.42. The lowest BCUT2D eigenvalue weighted by molar-refractivity contribution is 0.250. The number of piperazine rings is 1. The van der Waals surface area contributed by atoms with Crippen molar-refractivity contribution in [2.45, 2.75) is 6.54 Å². The van der Waals surface area contributed by atoms with Crippen LogP contribution in [0.4, 0.5) is 5.69 Å². The number of hydrogen-bond acceptors (Lipinski definition) is 3. The lowest BCUT2D eigenvalue weighted by Crippen LogP contribution is -2.45. The van der Waals surface area contributed by atoms with E-state index in [0.717, 1.165) is 44.0 Å². The summed E-state index contributed by atoms with van der Waals surface area (Å²) in [4.78, 5) is 4.73. The number of anilines is 1. The molecule has 0 amide bonds. The van der Waals surface area contributed by atoms with Crippen molar-refractivity contribution >= 4 is 28.9 Å². The van der Waals surface area contributed by atoms with E-state index in [1.165, 1.54) is 5.56 Å². The zero-order chi connectivity index (χ0) is 16.2. The summed E-state index contributed by atoms with van der Waals surface area (Å²) in [7, 11) is 0. The van der Waals surface area contributed by atoms with Gasteiger partial charge in [-0.25, -0.2) is 0 Å². The first-order valence-electron chi connectivity index (χ1n) is 7.57. The molecule has 1 aliphatic rings. The van der Waals surface area contributed by atoms with Crippen molar-refractivity contribution < 1.29 is 0 Å². The molecule has 1 saturated heterocycles. The van der Waals surface area contributed by atoms with Gasteiger partial charge in [0.25, 0.3) is 0 Å². The third-order valence-electron chi connectivity index (χ3n) is 4.10. The summed E-state index contributed by atoms with van der Waals surface area (Å²) in [6, 6.07) is 15.8. The molecule has 23 heavy (non-hydrogen) atoms. The van der Waals surface area contributed by atoms with E-state index in [1.54, 1.807) is 0 Å². The monoisotopic (exact) mass is 345 g/mol. The van der Waals surface area contributed by atoms with Crippen LogP contribution >= 0.6 is 23.2 Å². The molecule has 0 atom stereocenters. The number of nitriles is 1. The number of hydrogen-bond donors (Lipinski definition) is 0. The molecule has 0 spiro atoms. The normalized spacial score (nSPS) is 15.4. The van der Waals surface area contributed by atoms with Gasteiger partial charge in [-0.05, 0) is 35.9 Å². The van der Waals surface area contributed by atoms with Gasteiger partial charge in [0.05, 0.1) is 21.7 Å². The Balaban J connectivity index is 1.59. The molecular formula is C18H17Cl2N3. The maximum Gasteiger partial charge on any atom is 0.0991 e. The standard InChI is InChI=1S/C18H17Cl2N3/c19-17-5-4-16(11-18(17)20)23-8-6-22(7-9-23)13-15-3-1-2-14(10-15)12-21/h1-5,10-11H,6-9,13H2. The molecule has 3 nitrogen and oxygen atoms in total. The van der Waals surface area contributed by atoms with Crippen LogP contribution in [-0.2, 0) is 6.54 Å². The molecule has 3 rings (SSSR count). The molecule has 5 heteroatoms. The van der Waals surface area contributed by atoms with Gasteiger partial charge < -0.3 is 4.90 Å². The molecule has 0 unspecified atom stereocenters. The average molecular weight is 346 g/mol. The first-order valence-corrected chi connectivity index (χ1v) is 8.33. The quantitative estimate of drug-likeness (QED) is 0.835. The predicted octanol–water partition coefficient (Wildman–Crippen LogP) is 4.19. The SMILES string of the molecule is N#Cc1cccc(CN2CCN(c3ccc(Cl)c(Cl)c3)CC2)c1. The Hall–Kier alpha value is -1.73. The van der Waals surface area contributed by atoms with Crippen molar-refractivity contribution in [2.24, 2.45) is 0 Å². The predicted molar refractivity (Wildman–Crippen MR) is 95.1 cm³/mol. The van der Waals surface area contributed by atoms with Crippen molar-refractivity contribution in [3.8, 4) is 6.07 Å². The summed E-state index contributed by atoms with van der Waals surface area (Å²) in [5.74, 6) is 0. The lowest BCUT2D eigenvalue weighted by Gasteiger charge is -2.36. The van der Waals surface area contributed by atoms with Gasteiger partial charge in [-0.2, -0.15) is 5.26 Å². The minimum Gasteiger partial charge on any atom is -0.369 e. The number of nitrogens with zero attached hydrogens (tertiary/aromatic N) is 3. The molecule has 0 radical (unpaired) electrons.